The van der Waals surface area contributed by atoms with Crippen LogP contribution in [0.15, 0.2) is 12.3 Å². The van der Waals surface area contributed by atoms with Crippen molar-refractivity contribution in [2.45, 2.75) is 111 Å². The summed E-state index contributed by atoms with van der Waals surface area (Å²) in [7, 11) is 0. The lowest BCUT2D eigenvalue weighted by molar-refractivity contribution is -0.694. The van der Waals surface area contributed by atoms with Gasteiger partial charge in [-0.05, 0) is 38.2 Å². The van der Waals surface area contributed by atoms with E-state index in [9.17, 15) is 9.90 Å². The van der Waals surface area contributed by atoms with Crippen molar-refractivity contribution < 1.29 is 14.5 Å². The van der Waals surface area contributed by atoms with E-state index in [1.165, 1.54) is 74.6 Å². The minimum absolute atomic E-state index is 0.0888. The molecule has 1 heterocycles. The fourth-order valence-electron chi connectivity index (χ4n) is 3.61. The van der Waals surface area contributed by atoms with Gasteiger partial charge in [0, 0.05) is 17.5 Å². The molecule has 0 saturated carbocycles. The molecule has 3 heteroatoms. The molecule has 0 aromatic carbocycles. The zero-order valence-corrected chi connectivity index (χ0v) is 17.4. The number of nitrogens with zero attached hydrogens (tertiary/aromatic N) is 1. The van der Waals surface area contributed by atoms with Gasteiger partial charge in [-0.2, -0.15) is 4.57 Å². The van der Waals surface area contributed by atoms with Crippen LogP contribution in [0, 0.1) is 0 Å². The SMILES string of the molecule is CCCCCCc1c(CCCCC)cc(CCCCC)c[n+]1CC(=O)O. The Morgan fingerprint density at radius 2 is 1.42 bits per heavy atom. The van der Waals surface area contributed by atoms with Crippen LogP contribution >= 0.6 is 0 Å². The number of aryl methyl sites for hydroxylation is 2. The fraction of sp³-hybridized carbons (Fsp3) is 0.739. The number of hydrogen-bond donors (Lipinski definition) is 1. The van der Waals surface area contributed by atoms with E-state index >= 15 is 0 Å². The highest BCUT2D eigenvalue weighted by atomic mass is 16.4. The Balaban J connectivity index is 3.04. The van der Waals surface area contributed by atoms with Crippen molar-refractivity contribution >= 4 is 5.97 Å². The quantitative estimate of drug-likeness (QED) is 0.324. The summed E-state index contributed by atoms with van der Waals surface area (Å²) in [6.07, 6.45) is 17.4. The highest BCUT2D eigenvalue weighted by Gasteiger charge is 2.20. The molecule has 0 fully saturated rings. The number of aromatic nitrogens is 1. The van der Waals surface area contributed by atoms with Crippen LogP contribution in [0.25, 0.3) is 0 Å². The number of aliphatic carboxylic acids is 1. The molecule has 0 amide bonds. The van der Waals surface area contributed by atoms with Crippen molar-refractivity contribution in [3.05, 3.63) is 29.1 Å². The second-order valence-corrected chi connectivity index (χ2v) is 7.57. The first kappa shape index (κ1) is 22.7. The van der Waals surface area contributed by atoms with Crippen LogP contribution in [0.5, 0.6) is 0 Å². The summed E-state index contributed by atoms with van der Waals surface area (Å²) < 4.78 is 2.04. The molecular weight excluding hydrogens is 322 g/mol. The van der Waals surface area contributed by atoms with Gasteiger partial charge in [-0.3, -0.25) is 0 Å². The Morgan fingerprint density at radius 1 is 0.846 bits per heavy atom. The smallest absolute Gasteiger partial charge is 0.370 e. The summed E-state index contributed by atoms with van der Waals surface area (Å²) in [6.45, 7) is 6.77. The van der Waals surface area contributed by atoms with E-state index in [2.05, 4.69) is 33.0 Å². The molecule has 1 N–H and O–H groups in total. The van der Waals surface area contributed by atoms with Crippen LogP contribution in [-0.4, -0.2) is 11.1 Å². The van der Waals surface area contributed by atoms with Crippen molar-refractivity contribution in [3.8, 4) is 0 Å². The lowest BCUT2D eigenvalue weighted by Gasteiger charge is -2.12. The Labute approximate surface area is 160 Å². The molecule has 26 heavy (non-hydrogen) atoms. The Hall–Kier alpha value is -1.38. The molecule has 0 aliphatic carbocycles. The summed E-state index contributed by atoms with van der Waals surface area (Å²) in [5.74, 6) is -0.741. The molecule has 1 aromatic heterocycles. The normalized spacial score (nSPS) is 11.0. The number of rotatable bonds is 15. The predicted octanol–water partition coefficient (Wildman–Crippen LogP) is 5.65. The molecule has 0 aliphatic heterocycles. The summed E-state index contributed by atoms with van der Waals surface area (Å²) in [6, 6.07) is 2.37. The minimum atomic E-state index is -0.741. The number of carbonyl (C=O) groups is 1. The maximum absolute atomic E-state index is 11.4. The predicted molar refractivity (Wildman–Crippen MR) is 109 cm³/mol. The van der Waals surface area contributed by atoms with Crippen molar-refractivity contribution in [1.82, 2.24) is 0 Å². The van der Waals surface area contributed by atoms with Gasteiger partial charge >= 0.3 is 5.97 Å². The molecule has 0 saturated heterocycles. The van der Waals surface area contributed by atoms with E-state index in [-0.39, 0.29) is 6.54 Å². The molecular formula is C23H40NO2+. The number of carboxylic acid groups (broad SMARTS) is 1. The second-order valence-electron chi connectivity index (χ2n) is 7.57. The zero-order valence-electron chi connectivity index (χ0n) is 17.4. The van der Waals surface area contributed by atoms with Gasteiger partial charge in [0.1, 0.15) is 0 Å². The number of hydrogen-bond acceptors (Lipinski definition) is 1. The minimum Gasteiger partial charge on any atom is -0.477 e. The van der Waals surface area contributed by atoms with E-state index < -0.39 is 5.97 Å². The molecule has 0 aliphatic rings. The third-order valence-electron chi connectivity index (χ3n) is 5.09. The zero-order chi connectivity index (χ0) is 19.2. The molecule has 0 spiro atoms. The molecule has 0 unspecified atom stereocenters. The van der Waals surface area contributed by atoms with Crippen LogP contribution in [0.2, 0.25) is 0 Å². The Morgan fingerprint density at radius 3 is 2.04 bits per heavy atom. The number of unbranched alkanes of at least 4 members (excludes halogenated alkanes) is 7. The molecule has 0 atom stereocenters. The highest BCUT2D eigenvalue weighted by molar-refractivity contribution is 5.64. The van der Waals surface area contributed by atoms with Gasteiger partial charge < -0.3 is 5.11 Å². The Bertz CT molecular complexity index is 525. The van der Waals surface area contributed by atoms with Gasteiger partial charge in [0.25, 0.3) is 0 Å². The first-order valence-corrected chi connectivity index (χ1v) is 10.9. The lowest BCUT2D eigenvalue weighted by Crippen LogP contribution is -2.43. The first-order valence-electron chi connectivity index (χ1n) is 10.9. The molecule has 0 bridgehead atoms. The van der Waals surface area contributed by atoms with E-state index in [4.69, 9.17) is 0 Å². The van der Waals surface area contributed by atoms with Crippen LogP contribution in [-0.2, 0) is 30.6 Å². The standard InChI is InChI=1S/C23H39NO2/c1-4-7-10-13-16-22-21(15-12-9-6-3)17-20(14-11-8-5-2)18-24(22)19-23(25)26/h17-18H,4-16,19H2,1-3H3/p+1. The van der Waals surface area contributed by atoms with Crippen molar-refractivity contribution in [3.63, 3.8) is 0 Å². The van der Waals surface area contributed by atoms with Gasteiger partial charge in [0.2, 0.25) is 6.54 Å². The van der Waals surface area contributed by atoms with Crippen molar-refractivity contribution in [2.24, 2.45) is 0 Å². The van der Waals surface area contributed by atoms with Gasteiger partial charge in [0.15, 0.2) is 11.9 Å². The van der Waals surface area contributed by atoms with E-state index in [1.807, 2.05) is 4.57 Å². The summed E-state index contributed by atoms with van der Waals surface area (Å²) in [5.41, 5.74) is 3.97. The van der Waals surface area contributed by atoms with E-state index in [0.717, 1.165) is 25.7 Å². The van der Waals surface area contributed by atoms with E-state index in [1.54, 1.807) is 0 Å². The largest absolute Gasteiger partial charge is 0.477 e. The summed E-state index contributed by atoms with van der Waals surface area (Å²) in [4.78, 5) is 11.4. The van der Waals surface area contributed by atoms with Gasteiger partial charge in [-0.15, -0.1) is 0 Å². The molecule has 1 rings (SSSR count). The van der Waals surface area contributed by atoms with Crippen molar-refractivity contribution in [2.75, 3.05) is 0 Å². The Kier molecular flexibility index (Phi) is 12.0. The second kappa shape index (κ2) is 13.8. The summed E-state index contributed by atoms with van der Waals surface area (Å²) >= 11 is 0. The highest BCUT2D eigenvalue weighted by Crippen LogP contribution is 2.17. The average Bonchev–Trinajstić information content (AvgIpc) is 2.60. The van der Waals surface area contributed by atoms with E-state index in [0.29, 0.717) is 0 Å². The maximum atomic E-state index is 11.4. The third-order valence-corrected chi connectivity index (χ3v) is 5.09. The summed E-state index contributed by atoms with van der Waals surface area (Å²) in [5, 5.41) is 9.39. The molecule has 3 nitrogen and oxygen atoms in total. The van der Waals surface area contributed by atoms with Crippen LogP contribution in [0.1, 0.15) is 102 Å². The molecule has 1 aromatic rings. The lowest BCUT2D eigenvalue weighted by atomic mass is 9.97. The average molecular weight is 363 g/mol. The first-order chi connectivity index (χ1) is 12.6. The van der Waals surface area contributed by atoms with Crippen LogP contribution in [0.3, 0.4) is 0 Å². The molecule has 0 radical (unpaired) electrons. The van der Waals surface area contributed by atoms with Gasteiger partial charge in [0.05, 0.1) is 0 Å². The van der Waals surface area contributed by atoms with Crippen LogP contribution < -0.4 is 4.57 Å². The topological polar surface area (TPSA) is 41.2 Å². The van der Waals surface area contributed by atoms with Crippen LogP contribution in [0.4, 0.5) is 0 Å². The van der Waals surface area contributed by atoms with Crippen molar-refractivity contribution in [1.29, 1.82) is 0 Å². The maximum Gasteiger partial charge on any atom is 0.370 e. The number of pyridine rings is 1. The molecule has 148 valence electrons. The third kappa shape index (κ3) is 8.82. The van der Waals surface area contributed by atoms with Gasteiger partial charge in [-0.1, -0.05) is 65.7 Å². The monoisotopic (exact) mass is 362 g/mol. The van der Waals surface area contributed by atoms with Gasteiger partial charge in [-0.25, -0.2) is 4.79 Å². The number of carboxylic acids is 1. The fourth-order valence-corrected chi connectivity index (χ4v) is 3.61.